The fourth-order valence-electron chi connectivity index (χ4n) is 1.88. The molecule has 0 aliphatic carbocycles. The highest BCUT2D eigenvalue weighted by atomic mass is 16.5. The van der Waals surface area contributed by atoms with Gasteiger partial charge in [-0.25, -0.2) is 0 Å². The molecule has 1 atom stereocenters. The molecule has 1 fully saturated rings. The Morgan fingerprint density at radius 2 is 2.19 bits per heavy atom. The summed E-state index contributed by atoms with van der Waals surface area (Å²) in [6.07, 6.45) is 2.84. The molecule has 0 aromatic heterocycles. The number of hydrogen-bond acceptors (Lipinski definition) is 4. The first-order chi connectivity index (χ1) is 7.63. The van der Waals surface area contributed by atoms with Gasteiger partial charge in [0.05, 0.1) is 18.2 Å². The van der Waals surface area contributed by atoms with Gasteiger partial charge in [0.15, 0.2) is 0 Å². The maximum absolute atomic E-state index is 11.8. The largest absolute Gasteiger partial charge is 0.394 e. The summed E-state index contributed by atoms with van der Waals surface area (Å²) < 4.78 is 5.22. The summed E-state index contributed by atoms with van der Waals surface area (Å²) in [5.41, 5.74) is 5.21. The highest BCUT2D eigenvalue weighted by Gasteiger charge is 2.34. The third kappa shape index (κ3) is 3.43. The smallest absolute Gasteiger partial charge is 0.237 e. The quantitative estimate of drug-likeness (QED) is 0.609. The molecule has 0 saturated carbocycles. The van der Waals surface area contributed by atoms with Crippen molar-refractivity contribution in [1.29, 1.82) is 0 Å². The number of nitrogens with one attached hydrogen (secondary N) is 1. The molecule has 5 nitrogen and oxygen atoms in total. The molecule has 1 heterocycles. The minimum absolute atomic E-state index is 0.0546. The van der Waals surface area contributed by atoms with Gasteiger partial charge in [-0.15, -0.1) is 0 Å². The minimum Gasteiger partial charge on any atom is -0.394 e. The van der Waals surface area contributed by atoms with Crippen molar-refractivity contribution < 1.29 is 14.6 Å². The third-order valence-corrected chi connectivity index (χ3v) is 3.08. The van der Waals surface area contributed by atoms with Crippen LogP contribution < -0.4 is 11.1 Å². The molecule has 16 heavy (non-hydrogen) atoms. The average Bonchev–Trinajstić information content (AvgIpc) is 2.30. The van der Waals surface area contributed by atoms with Crippen molar-refractivity contribution in [2.45, 2.75) is 44.2 Å². The zero-order chi connectivity index (χ0) is 12.0. The molecule has 0 unspecified atom stereocenters. The Morgan fingerprint density at radius 3 is 2.69 bits per heavy atom. The molecule has 94 valence electrons. The molecule has 0 bridgehead atoms. The average molecular weight is 230 g/mol. The van der Waals surface area contributed by atoms with Gasteiger partial charge in [0, 0.05) is 13.2 Å². The van der Waals surface area contributed by atoms with Crippen LogP contribution in [0.1, 0.15) is 32.6 Å². The Hall–Kier alpha value is -0.650. The molecule has 1 amide bonds. The van der Waals surface area contributed by atoms with Crippen molar-refractivity contribution in [1.82, 2.24) is 5.32 Å². The van der Waals surface area contributed by atoms with Gasteiger partial charge < -0.3 is 20.9 Å². The predicted octanol–water partition coefficient (Wildman–Crippen LogP) is -0.228. The minimum atomic E-state index is -0.527. The molecular weight excluding hydrogens is 208 g/mol. The van der Waals surface area contributed by atoms with E-state index >= 15 is 0 Å². The molecule has 0 aromatic carbocycles. The third-order valence-electron chi connectivity index (χ3n) is 3.08. The molecule has 1 rings (SSSR count). The maximum atomic E-state index is 11.8. The summed E-state index contributed by atoms with van der Waals surface area (Å²) in [4.78, 5) is 11.8. The lowest BCUT2D eigenvalue weighted by atomic mass is 9.90. The molecule has 0 aromatic rings. The maximum Gasteiger partial charge on any atom is 0.237 e. The summed E-state index contributed by atoms with van der Waals surface area (Å²) >= 11 is 0. The van der Waals surface area contributed by atoms with E-state index in [1.807, 2.05) is 6.92 Å². The number of carbonyl (C=O) groups excluding carboxylic acids is 1. The number of aliphatic hydroxyl groups excluding tert-OH is 1. The first-order valence-electron chi connectivity index (χ1n) is 5.90. The fraction of sp³-hybridized carbons (Fsp3) is 0.909. The first-order valence-corrected chi connectivity index (χ1v) is 5.90. The molecule has 1 aliphatic heterocycles. The van der Waals surface area contributed by atoms with Crippen molar-refractivity contribution in [3.63, 3.8) is 0 Å². The Bertz CT molecular complexity index is 227. The van der Waals surface area contributed by atoms with Gasteiger partial charge in [0.25, 0.3) is 0 Å². The highest BCUT2D eigenvalue weighted by Crippen LogP contribution is 2.20. The van der Waals surface area contributed by atoms with Crippen molar-refractivity contribution in [2.75, 3.05) is 19.8 Å². The van der Waals surface area contributed by atoms with Crippen LogP contribution in [0.25, 0.3) is 0 Å². The summed E-state index contributed by atoms with van der Waals surface area (Å²) in [5, 5.41) is 12.3. The summed E-state index contributed by atoms with van der Waals surface area (Å²) in [5.74, 6) is -0.169. The van der Waals surface area contributed by atoms with E-state index in [2.05, 4.69) is 5.32 Å². The SMILES string of the molecule is CCC[C@@H](N)C(=O)NC1(CO)CCOCC1. The van der Waals surface area contributed by atoms with Gasteiger partial charge in [-0.2, -0.15) is 0 Å². The second-order valence-electron chi connectivity index (χ2n) is 4.44. The van der Waals surface area contributed by atoms with Crippen LogP contribution in [0.15, 0.2) is 0 Å². The zero-order valence-corrected chi connectivity index (χ0v) is 9.87. The van der Waals surface area contributed by atoms with Crippen LogP contribution in [0.2, 0.25) is 0 Å². The van der Waals surface area contributed by atoms with Gasteiger partial charge >= 0.3 is 0 Å². The van der Waals surface area contributed by atoms with E-state index in [4.69, 9.17) is 10.5 Å². The normalized spacial score (nSPS) is 21.4. The van der Waals surface area contributed by atoms with E-state index in [0.717, 1.165) is 6.42 Å². The molecule has 4 N–H and O–H groups in total. The topological polar surface area (TPSA) is 84.6 Å². The van der Waals surface area contributed by atoms with Crippen LogP contribution in [0.5, 0.6) is 0 Å². The van der Waals surface area contributed by atoms with Gasteiger partial charge in [-0.05, 0) is 19.3 Å². The van der Waals surface area contributed by atoms with Crippen LogP contribution in [0.4, 0.5) is 0 Å². The second-order valence-corrected chi connectivity index (χ2v) is 4.44. The van der Waals surface area contributed by atoms with Crippen LogP contribution in [-0.2, 0) is 9.53 Å². The van der Waals surface area contributed by atoms with Crippen molar-refractivity contribution >= 4 is 5.91 Å². The Balaban J connectivity index is 2.51. The Morgan fingerprint density at radius 1 is 1.56 bits per heavy atom. The van der Waals surface area contributed by atoms with E-state index < -0.39 is 11.6 Å². The lowest BCUT2D eigenvalue weighted by molar-refractivity contribution is -0.126. The lowest BCUT2D eigenvalue weighted by Crippen LogP contribution is -2.58. The van der Waals surface area contributed by atoms with Crippen LogP contribution in [-0.4, -0.2) is 42.4 Å². The molecule has 1 saturated heterocycles. The number of hydrogen-bond donors (Lipinski definition) is 3. The van der Waals surface area contributed by atoms with E-state index in [9.17, 15) is 9.90 Å². The van der Waals surface area contributed by atoms with Crippen LogP contribution in [0.3, 0.4) is 0 Å². The predicted molar refractivity (Wildman–Crippen MR) is 60.9 cm³/mol. The second kappa shape index (κ2) is 6.18. The number of rotatable bonds is 5. The number of ether oxygens (including phenoxy) is 1. The van der Waals surface area contributed by atoms with E-state index in [1.165, 1.54) is 0 Å². The number of carbonyl (C=O) groups is 1. The number of amides is 1. The molecule has 0 radical (unpaired) electrons. The highest BCUT2D eigenvalue weighted by molar-refractivity contribution is 5.82. The van der Waals surface area contributed by atoms with Gasteiger partial charge in [-0.1, -0.05) is 13.3 Å². The van der Waals surface area contributed by atoms with Gasteiger partial charge in [0.1, 0.15) is 0 Å². The molecule has 1 aliphatic rings. The summed E-state index contributed by atoms with van der Waals surface area (Å²) in [6.45, 7) is 3.08. The van der Waals surface area contributed by atoms with E-state index in [0.29, 0.717) is 32.5 Å². The fourth-order valence-corrected chi connectivity index (χ4v) is 1.88. The summed E-state index contributed by atoms with van der Waals surface area (Å²) in [6, 6.07) is -0.476. The van der Waals surface area contributed by atoms with Crippen molar-refractivity contribution in [2.24, 2.45) is 5.73 Å². The molecule has 0 spiro atoms. The lowest BCUT2D eigenvalue weighted by Gasteiger charge is -2.37. The van der Waals surface area contributed by atoms with Crippen molar-refractivity contribution in [3.8, 4) is 0 Å². The Kier molecular flexibility index (Phi) is 5.18. The van der Waals surface area contributed by atoms with E-state index in [-0.39, 0.29) is 12.5 Å². The van der Waals surface area contributed by atoms with Crippen LogP contribution in [0, 0.1) is 0 Å². The monoisotopic (exact) mass is 230 g/mol. The standard InChI is InChI=1S/C11H22N2O3/c1-2-3-9(12)10(15)13-11(8-14)4-6-16-7-5-11/h9,14H,2-8,12H2,1H3,(H,13,15)/t9-/m1/s1. The van der Waals surface area contributed by atoms with E-state index in [1.54, 1.807) is 0 Å². The number of aliphatic hydroxyl groups is 1. The zero-order valence-electron chi connectivity index (χ0n) is 9.87. The first kappa shape index (κ1) is 13.4. The number of nitrogens with two attached hydrogens (primary N) is 1. The van der Waals surface area contributed by atoms with Crippen molar-refractivity contribution in [3.05, 3.63) is 0 Å². The van der Waals surface area contributed by atoms with Gasteiger partial charge in [-0.3, -0.25) is 4.79 Å². The van der Waals surface area contributed by atoms with Gasteiger partial charge in [0.2, 0.25) is 5.91 Å². The molecular formula is C11H22N2O3. The molecule has 5 heteroatoms. The summed E-state index contributed by atoms with van der Waals surface area (Å²) in [7, 11) is 0. The van der Waals surface area contributed by atoms with Crippen LogP contribution >= 0.6 is 0 Å². The Labute approximate surface area is 96.3 Å².